The fourth-order valence-corrected chi connectivity index (χ4v) is 3.15. The van der Waals surface area contributed by atoms with Crippen LogP contribution in [0.5, 0.6) is 0 Å². The van der Waals surface area contributed by atoms with E-state index in [1.54, 1.807) is 0 Å². The monoisotopic (exact) mass is 254 g/mol. The maximum Gasteiger partial charge on any atom is 0.136 e. The molecule has 2 aliphatic heterocycles. The highest BCUT2D eigenvalue weighted by atomic mass is 16.5. The highest BCUT2D eigenvalue weighted by Gasteiger charge is 2.36. The Morgan fingerprint density at radius 3 is 2.50 bits per heavy atom. The number of carbonyl (C=O) groups excluding carboxylic acids is 1. The van der Waals surface area contributed by atoms with Crippen molar-refractivity contribution in [2.75, 3.05) is 40.4 Å². The summed E-state index contributed by atoms with van der Waals surface area (Å²) in [5.74, 6) is 0.467. The lowest BCUT2D eigenvalue weighted by atomic mass is 9.84. The van der Waals surface area contributed by atoms with E-state index < -0.39 is 0 Å². The van der Waals surface area contributed by atoms with Gasteiger partial charge in [0.15, 0.2) is 0 Å². The molecule has 18 heavy (non-hydrogen) atoms. The largest absolute Gasteiger partial charge is 0.379 e. The van der Waals surface area contributed by atoms with Crippen LogP contribution in [0.25, 0.3) is 0 Å². The summed E-state index contributed by atoms with van der Waals surface area (Å²) >= 11 is 0. The average molecular weight is 254 g/mol. The van der Waals surface area contributed by atoms with Gasteiger partial charge < -0.3 is 9.64 Å². The minimum absolute atomic E-state index is 0.467. The summed E-state index contributed by atoms with van der Waals surface area (Å²) in [4.78, 5) is 16.3. The Balaban J connectivity index is 1.70. The minimum Gasteiger partial charge on any atom is -0.379 e. The minimum atomic E-state index is 0.467. The van der Waals surface area contributed by atoms with Gasteiger partial charge in [0, 0.05) is 38.0 Å². The summed E-state index contributed by atoms with van der Waals surface area (Å²) in [5.41, 5.74) is 0. The van der Waals surface area contributed by atoms with E-state index in [9.17, 15) is 4.79 Å². The van der Waals surface area contributed by atoms with Crippen LogP contribution < -0.4 is 0 Å². The zero-order chi connectivity index (χ0) is 13.0. The Bertz CT molecular complexity index is 265. The molecule has 0 N–H and O–H groups in total. The first kappa shape index (κ1) is 14.0. The normalized spacial score (nSPS) is 28.9. The molecule has 0 aliphatic carbocycles. The van der Waals surface area contributed by atoms with Crippen LogP contribution in [-0.2, 0) is 9.53 Å². The molecule has 2 bridgehead atoms. The third-order valence-corrected chi connectivity index (χ3v) is 4.12. The SMILES string of the molecule is CN(C)CCOCCN1C2CCCC1CC(=O)C2. The first-order valence-electron chi connectivity index (χ1n) is 7.16. The Hall–Kier alpha value is -0.450. The molecule has 4 heteroatoms. The van der Waals surface area contributed by atoms with Crippen LogP contribution in [0.1, 0.15) is 32.1 Å². The van der Waals surface area contributed by atoms with Gasteiger partial charge in [-0.2, -0.15) is 0 Å². The molecule has 2 unspecified atom stereocenters. The number of fused-ring (bicyclic) bond motifs is 2. The van der Waals surface area contributed by atoms with Gasteiger partial charge in [-0.15, -0.1) is 0 Å². The third kappa shape index (κ3) is 3.77. The average Bonchev–Trinajstić information content (AvgIpc) is 2.28. The summed E-state index contributed by atoms with van der Waals surface area (Å²) in [6.07, 6.45) is 5.23. The van der Waals surface area contributed by atoms with Crippen LogP contribution in [0, 0.1) is 0 Å². The van der Waals surface area contributed by atoms with Crippen LogP contribution in [0.4, 0.5) is 0 Å². The van der Waals surface area contributed by atoms with Crippen molar-refractivity contribution >= 4 is 5.78 Å². The summed E-state index contributed by atoms with van der Waals surface area (Å²) in [6.45, 7) is 3.57. The maximum atomic E-state index is 11.6. The molecule has 0 saturated carbocycles. The molecular weight excluding hydrogens is 228 g/mol. The molecule has 104 valence electrons. The molecule has 4 nitrogen and oxygen atoms in total. The van der Waals surface area contributed by atoms with Gasteiger partial charge >= 0.3 is 0 Å². The van der Waals surface area contributed by atoms with Gasteiger partial charge in [0.2, 0.25) is 0 Å². The van der Waals surface area contributed by atoms with E-state index in [1.807, 2.05) is 0 Å². The highest BCUT2D eigenvalue weighted by Crippen LogP contribution is 2.31. The van der Waals surface area contributed by atoms with Crippen molar-refractivity contribution in [1.29, 1.82) is 0 Å². The van der Waals surface area contributed by atoms with Gasteiger partial charge in [0.05, 0.1) is 13.2 Å². The van der Waals surface area contributed by atoms with E-state index >= 15 is 0 Å². The second-order valence-electron chi connectivity index (χ2n) is 5.84. The van der Waals surface area contributed by atoms with Crippen molar-refractivity contribution in [3.8, 4) is 0 Å². The van der Waals surface area contributed by atoms with E-state index in [0.29, 0.717) is 17.9 Å². The fourth-order valence-electron chi connectivity index (χ4n) is 3.15. The van der Waals surface area contributed by atoms with Gasteiger partial charge in [0.25, 0.3) is 0 Å². The smallest absolute Gasteiger partial charge is 0.136 e. The third-order valence-electron chi connectivity index (χ3n) is 4.12. The summed E-state index contributed by atoms with van der Waals surface area (Å²) in [7, 11) is 4.12. The lowest BCUT2D eigenvalue weighted by molar-refractivity contribution is -0.127. The zero-order valence-electron chi connectivity index (χ0n) is 11.7. The molecule has 0 radical (unpaired) electrons. The molecule has 0 aromatic carbocycles. The molecule has 2 saturated heterocycles. The van der Waals surface area contributed by atoms with Crippen molar-refractivity contribution in [3.63, 3.8) is 0 Å². The molecular formula is C14H26N2O2. The molecule has 0 amide bonds. The predicted octanol–water partition coefficient (Wildman–Crippen LogP) is 1.15. The van der Waals surface area contributed by atoms with E-state index in [2.05, 4.69) is 23.9 Å². The molecule has 2 aliphatic rings. The number of Topliss-reactive ketones (excluding diaryl/α,β-unsaturated/α-hetero) is 1. The highest BCUT2D eigenvalue weighted by molar-refractivity contribution is 5.80. The molecule has 0 aromatic rings. The molecule has 0 aromatic heterocycles. The van der Waals surface area contributed by atoms with Crippen LogP contribution in [0.15, 0.2) is 0 Å². The number of piperidine rings is 2. The van der Waals surface area contributed by atoms with E-state index in [1.165, 1.54) is 19.3 Å². The van der Waals surface area contributed by atoms with Gasteiger partial charge in [-0.05, 0) is 26.9 Å². The Morgan fingerprint density at radius 1 is 1.22 bits per heavy atom. The number of hydrogen-bond donors (Lipinski definition) is 0. The molecule has 2 rings (SSSR count). The zero-order valence-corrected chi connectivity index (χ0v) is 11.7. The lowest BCUT2D eigenvalue weighted by Gasteiger charge is -2.45. The van der Waals surface area contributed by atoms with Crippen LogP contribution in [-0.4, -0.2) is 68.1 Å². The fraction of sp³-hybridized carbons (Fsp3) is 0.929. The van der Waals surface area contributed by atoms with Crippen molar-refractivity contribution in [3.05, 3.63) is 0 Å². The van der Waals surface area contributed by atoms with Crippen molar-refractivity contribution < 1.29 is 9.53 Å². The number of nitrogens with zero attached hydrogens (tertiary/aromatic N) is 2. The summed E-state index contributed by atoms with van der Waals surface area (Å²) in [6, 6.07) is 1.00. The number of ether oxygens (including phenoxy) is 1. The molecule has 2 fully saturated rings. The first-order valence-corrected chi connectivity index (χ1v) is 7.16. The van der Waals surface area contributed by atoms with Crippen LogP contribution in [0.3, 0.4) is 0 Å². The van der Waals surface area contributed by atoms with Crippen LogP contribution in [0.2, 0.25) is 0 Å². The topological polar surface area (TPSA) is 32.8 Å². The predicted molar refractivity (Wildman–Crippen MR) is 71.7 cm³/mol. The number of ketones is 1. The standard InChI is InChI=1S/C14H26N2O2/c1-15(2)6-8-18-9-7-16-12-4-3-5-13(16)11-14(17)10-12/h12-13H,3-11H2,1-2H3. The maximum absolute atomic E-state index is 11.6. The van der Waals surface area contributed by atoms with Gasteiger partial charge in [0.1, 0.15) is 5.78 Å². The van der Waals surface area contributed by atoms with Gasteiger partial charge in [-0.25, -0.2) is 0 Å². The van der Waals surface area contributed by atoms with E-state index in [-0.39, 0.29) is 0 Å². The quantitative estimate of drug-likeness (QED) is 0.666. The molecule has 2 atom stereocenters. The van der Waals surface area contributed by atoms with E-state index in [4.69, 9.17) is 4.74 Å². The van der Waals surface area contributed by atoms with E-state index in [0.717, 1.165) is 39.1 Å². The van der Waals surface area contributed by atoms with Gasteiger partial charge in [-0.3, -0.25) is 9.69 Å². The Morgan fingerprint density at radius 2 is 1.89 bits per heavy atom. The molecule has 0 spiro atoms. The first-order chi connectivity index (χ1) is 8.66. The summed E-state index contributed by atoms with van der Waals surface area (Å²) < 4.78 is 5.67. The lowest BCUT2D eigenvalue weighted by Crippen LogP contribution is -2.53. The number of carbonyl (C=O) groups is 1. The van der Waals surface area contributed by atoms with Crippen molar-refractivity contribution in [1.82, 2.24) is 9.80 Å². The van der Waals surface area contributed by atoms with Gasteiger partial charge in [-0.1, -0.05) is 6.42 Å². The number of rotatable bonds is 6. The second kappa shape index (κ2) is 6.64. The Labute approximate surface area is 110 Å². The number of likely N-dealkylation sites (N-methyl/N-ethyl adjacent to an activating group) is 1. The van der Waals surface area contributed by atoms with Crippen LogP contribution >= 0.6 is 0 Å². The van der Waals surface area contributed by atoms with Crippen molar-refractivity contribution in [2.24, 2.45) is 0 Å². The molecule has 2 heterocycles. The summed E-state index contributed by atoms with van der Waals surface area (Å²) in [5, 5.41) is 0. The number of hydrogen-bond acceptors (Lipinski definition) is 4. The van der Waals surface area contributed by atoms with Crippen molar-refractivity contribution in [2.45, 2.75) is 44.2 Å². The Kier molecular flexibility index (Phi) is 5.15. The second-order valence-corrected chi connectivity index (χ2v) is 5.84.